The number of hydrogen-bond acceptors (Lipinski definition) is 5. The number of thioether (sulfide) groups is 1. The Balaban J connectivity index is 1.71. The molecule has 2 amide bonds. The number of aromatic nitrogens is 3. The molecule has 1 heterocycles. The summed E-state index contributed by atoms with van der Waals surface area (Å²) in [6.07, 6.45) is 0.659. The van der Waals surface area contributed by atoms with Gasteiger partial charge in [-0.3, -0.25) is 9.59 Å². The van der Waals surface area contributed by atoms with Crippen LogP contribution in [-0.4, -0.2) is 31.8 Å². The zero-order valence-corrected chi connectivity index (χ0v) is 18.3. The van der Waals surface area contributed by atoms with Crippen LogP contribution in [0.2, 0.25) is 0 Å². The van der Waals surface area contributed by atoms with E-state index in [1.165, 1.54) is 11.8 Å². The van der Waals surface area contributed by atoms with Gasteiger partial charge >= 0.3 is 0 Å². The summed E-state index contributed by atoms with van der Waals surface area (Å²) in [6.45, 7) is 6.76. The molecule has 0 aliphatic heterocycles. The van der Waals surface area contributed by atoms with E-state index in [0.717, 1.165) is 16.5 Å². The van der Waals surface area contributed by atoms with Crippen molar-refractivity contribution in [2.45, 2.75) is 50.6 Å². The maximum absolute atomic E-state index is 12.8. The summed E-state index contributed by atoms with van der Waals surface area (Å²) < 4.78 is 1.98. The number of rotatable bonds is 9. The van der Waals surface area contributed by atoms with Crippen LogP contribution >= 0.6 is 11.8 Å². The van der Waals surface area contributed by atoms with E-state index in [4.69, 9.17) is 5.73 Å². The highest BCUT2D eigenvalue weighted by atomic mass is 32.2. The summed E-state index contributed by atoms with van der Waals surface area (Å²) in [5.41, 5.74) is 6.03. The highest BCUT2D eigenvalue weighted by molar-refractivity contribution is 8.00. The molecule has 0 saturated heterocycles. The van der Waals surface area contributed by atoms with Crippen molar-refractivity contribution in [2.75, 3.05) is 5.32 Å². The van der Waals surface area contributed by atoms with Crippen molar-refractivity contribution in [2.24, 2.45) is 11.7 Å². The molecule has 8 heteroatoms. The monoisotopic (exact) mass is 425 g/mol. The SMILES string of the molecule is CC(C)Cn1c(CCC(N)=O)nnc1S[C@H](C)C(=O)Nc1ccc2ccccc2c1. The molecule has 0 spiro atoms. The largest absolute Gasteiger partial charge is 0.370 e. The van der Waals surface area contributed by atoms with E-state index in [1.54, 1.807) is 0 Å². The van der Waals surface area contributed by atoms with Crippen LogP contribution < -0.4 is 11.1 Å². The van der Waals surface area contributed by atoms with Gasteiger partial charge in [-0.05, 0) is 35.7 Å². The zero-order valence-electron chi connectivity index (χ0n) is 17.5. The van der Waals surface area contributed by atoms with Gasteiger partial charge in [0.15, 0.2) is 5.16 Å². The molecular formula is C22H27N5O2S. The van der Waals surface area contributed by atoms with Gasteiger partial charge < -0.3 is 15.6 Å². The van der Waals surface area contributed by atoms with E-state index >= 15 is 0 Å². The third-order valence-corrected chi connectivity index (χ3v) is 5.69. The van der Waals surface area contributed by atoms with Crippen molar-refractivity contribution in [3.63, 3.8) is 0 Å². The Kier molecular flexibility index (Phi) is 7.10. The van der Waals surface area contributed by atoms with Gasteiger partial charge in [0.25, 0.3) is 0 Å². The second kappa shape index (κ2) is 9.75. The fraction of sp³-hybridized carbons (Fsp3) is 0.364. The molecule has 0 saturated carbocycles. The first-order chi connectivity index (χ1) is 14.3. The Labute approximate surface area is 180 Å². The van der Waals surface area contributed by atoms with Crippen molar-refractivity contribution in [3.05, 3.63) is 48.3 Å². The quantitative estimate of drug-likeness (QED) is 0.510. The minimum atomic E-state index is -0.369. The fourth-order valence-corrected chi connectivity index (χ4v) is 3.97. The first kappa shape index (κ1) is 21.8. The van der Waals surface area contributed by atoms with E-state index in [9.17, 15) is 9.59 Å². The van der Waals surface area contributed by atoms with Crippen molar-refractivity contribution in [1.82, 2.24) is 14.8 Å². The maximum Gasteiger partial charge on any atom is 0.237 e. The molecule has 3 N–H and O–H groups in total. The second-order valence-corrected chi connectivity index (χ2v) is 8.99. The van der Waals surface area contributed by atoms with Crippen LogP contribution in [0.5, 0.6) is 0 Å². The number of primary amides is 1. The summed E-state index contributed by atoms with van der Waals surface area (Å²) in [7, 11) is 0. The number of aryl methyl sites for hydroxylation is 1. The first-order valence-corrected chi connectivity index (χ1v) is 10.9. The highest BCUT2D eigenvalue weighted by Gasteiger charge is 2.21. The molecule has 1 aromatic heterocycles. The topological polar surface area (TPSA) is 103 Å². The minimum Gasteiger partial charge on any atom is -0.370 e. The van der Waals surface area contributed by atoms with Crippen LogP contribution in [0.4, 0.5) is 5.69 Å². The molecule has 30 heavy (non-hydrogen) atoms. The first-order valence-electron chi connectivity index (χ1n) is 10.00. The lowest BCUT2D eigenvalue weighted by atomic mass is 10.1. The molecule has 3 aromatic rings. The molecule has 0 aliphatic carbocycles. The number of nitrogens with zero attached hydrogens (tertiary/aromatic N) is 3. The van der Waals surface area contributed by atoms with Crippen LogP contribution in [0.25, 0.3) is 10.8 Å². The van der Waals surface area contributed by atoms with Crippen LogP contribution in [-0.2, 0) is 22.6 Å². The number of nitrogens with one attached hydrogen (secondary N) is 1. The molecule has 0 unspecified atom stereocenters. The molecule has 0 fully saturated rings. The van der Waals surface area contributed by atoms with Gasteiger partial charge in [0.1, 0.15) is 5.82 Å². The molecule has 2 aromatic carbocycles. The Morgan fingerprint density at radius 2 is 1.83 bits per heavy atom. The number of hydrogen-bond donors (Lipinski definition) is 2. The highest BCUT2D eigenvalue weighted by Crippen LogP contribution is 2.26. The van der Waals surface area contributed by atoms with Crippen LogP contribution in [0.1, 0.15) is 33.0 Å². The maximum atomic E-state index is 12.8. The summed E-state index contributed by atoms with van der Waals surface area (Å²) in [4.78, 5) is 23.9. The van der Waals surface area contributed by atoms with E-state index < -0.39 is 0 Å². The van der Waals surface area contributed by atoms with Crippen molar-refractivity contribution >= 4 is 40.0 Å². The standard InChI is InChI=1S/C22H27N5O2S/c1-14(2)13-27-20(11-10-19(23)28)25-26-22(27)30-15(3)21(29)24-18-9-8-16-6-4-5-7-17(16)12-18/h4-9,12,14-15H,10-11,13H2,1-3H3,(H2,23,28)(H,24,29)/t15-/m1/s1. The fourth-order valence-electron chi connectivity index (χ4n) is 3.10. The van der Waals surface area contributed by atoms with Crippen LogP contribution in [0.3, 0.4) is 0 Å². The molecule has 3 rings (SSSR count). The lowest BCUT2D eigenvalue weighted by Crippen LogP contribution is -2.23. The average molecular weight is 426 g/mol. The summed E-state index contributed by atoms with van der Waals surface area (Å²) in [5.74, 6) is 0.612. The number of carbonyl (C=O) groups is 2. The molecule has 1 atom stereocenters. The van der Waals surface area contributed by atoms with Gasteiger partial charge in [-0.2, -0.15) is 0 Å². The Hall–Kier alpha value is -2.87. The van der Waals surface area contributed by atoms with E-state index in [-0.39, 0.29) is 23.5 Å². The van der Waals surface area contributed by atoms with Crippen molar-refractivity contribution < 1.29 is 9.59 Å². The summed E-state index contributed by atoms with van der Waals surface area (Å²) in [6, 6.07) is 13.9. The predicted molar refractivity (Wildman–Crippen MR) is 120 cm³/mol. The number of carbonyl (C=O) groups excluding carboxylic acids is 2. The van der Waals surface area contributed by atoms with Crippen LogP contribution in [0.15, 0.2) is 47.6 Å². The minimum absolute atomic E-state index is 0.104. The third-order valence-electron chi connectivity index (χ3n) is 4.60. The number of amides is 2. The second-order valence-electron chi connectivity index (χ2n) is 7.68. The van der Waals surface area contributed by atoms with Gasteiger partial charge in [-0.1, -0.05) is 55.9 Å². The Bertz CT molecular complexity index is 1050. The molecule has 0 radical (unpaired) electrons. The van der Waals surface area contributed by atoms with Gasteiger partial charge in [0, 0.05) is 25.1 Å². The molecule has 0 bridgehead atoms. The van der Waals surface area contributed by atoms with Gasteiger partial charge in [-0.15, -0.1) is 10.2 Å². The van der Waals surface area contributed by atoms with E-state index in [1.807, 2.05) is 54.0 Å². The number of nitrogens with two attached hydrogens (primary N) is 1. The summed E-state index contributed by atoms with van der Waals surface area (Å²) >= 11 is 1.36. The predicted octanol–water partition coefficient (Wildman–Crippen LogP) is 3.62. The van der Waals surface area contributed by atoms with E-state index in [0.29, 0.717) is 29.9 Å². The van der Waals surface area contributed by atoms with Crippen molar-refractivity contribution in [3.8, 4) is 0 Å². The lowest BCUT2D eigenvalue weighted by Gasteiger charge is -2.15. The van der Waals surface area contributed by atoms with Gasteiger partial charge in [-0.25, -0.2) is 0 Å². The van der Waals surface area contributed by atoms with Gasteiger partial charge in [0.05, 0.1) is 5.25 Å². The van der Waals surface area contributed by atoms with Crippen LogP contribution in [0, 0.1) is 5.92 Å². The Morgan fingerprint density at radius 3 is 2.53 bits per heavy atom. The Morgan fingerprint density at radius 1 is 1.10 bits per heavy atom. The van der Waals surface area contributed by atoms with Gasteiger partial charge in [0.2, 0.25) is 11.8 Å². The number of benzene rings is 2. The molecular weight excluding hydrogens is 398 g/mol. The lowest BCUT2D eigenvalue weighted by molar-refractivity contribution is -0.118. The van der Waals surface area contributed by atoms with Crippen molar-refractivity contribution in [1.29, 1.82) is 0 Å². The third kappa shape index (κ3) is 5.60. The smallest absolute Gasteiger partial charge is 0.237 e. The number of anilines is 1. The average Bonchev–Trinajstić information content (AvgIpc) is 3.06. The molecule has 7 nitrogen and oxygen atoms in total. The normalized spacial score (nSPS) is 12.3. The van der Waals surface area contributed by atoms with E-state index in [2.05, 4.69) is 29.4 Å². The molecule has 0 aliphatic rings. The molecule has 158 valence electrons. The zero-order chi connectivity index (χ0) is 21.7. The number of fused-ring (bicyclic) bond motifs is 1. The summed E-state index contributed by atoms with van der Waals surface area (Å²) in [5, 5.41) is 14.0.